The lowest BCUT2D eigenvalue weighted by atomic mass is 9.87. The molecule has 4 heterocycles. The fourth-order valence-corrected chi connectivity index (χ4v) is 5.85. The summed E-state index contributed by atoms with van der Waals surface area (Å²) in [6.45, 7) is 3.84. The summed E-state index contributed by atoms with van der Waals surface area (Å²) in [5.74, 6) is 0.232. The molecule has 6 heteroatoms. The van der Waals surface area contributed by atoms with E-state index in [1.807, 2.05) is 23.1 Å². The third-order valence-corrected chi connectivity index (χ3v) is 7.67. The second-order valence-electron chi connectivity index (χ2n) is 9.99. The van der Waals surface area contributed by atoms with E-state index < -0.39 is 0 Å². The third-order valence-electron chi connectivity index (χ3n) is 7.67. The Balaban J connectivity index is 1.20. The van der Waals surface area contributed by atoms with Crippen LogP contribution < -0.4 is 5.32 Å². The molecule has 6 rings (SSSR count). The Hall–Kier alpha value is -3.77. The van der Waals surface area contributed by atoms with Crippen LogP contribution in [0.15, 0.2) is 95.3 Å². The van der Waals surface area contributed by atoms with Crippen LogP contribution in [0.25, 0.3) is 11.1 Å². The molecule has 3 aliphatic rings. The maximum Gasteiger partial charge on any atom is 0.317 e. The summed E-state index contributed by atoms with van der Waals surface area (Å²) in [6, 6.07) is 23.2. The van der Waals surface area contributed by atoms with Gasteiger partial charge in [0.1, 0.15) is 0 Å². The maximum atomic E-state index is 13.5. The average molecular weight is 478 g/mol. The number of likely N-dealkylation sites (tertiary alicyclic amines) is 1. The number of nitrogens with one attached hydrogen (secondary N) is 1. The molecule has 3 aromatic rings. The molecule has 1 aromatic heterocycles. The van der Waals surface area contributed by atoms with Crippen LogP contribution >= 0.6 is 0 Å². The van der Waals surface area contributed by atoms with Crippen LogP contribution in [0.5, 0.6) is 0 Å². The Kier molecular flexibility index (Phi) is 6.11. The predicted molar refractivity (Wildman–Crippen MR) is 143 cm³/mol. The second-order valence-corrected chi connectivity index (χ2v) is 9.99. The summed E-state index contributed by atoms with van der Waals surface area (Å²) in [6.07, 6.45) is 4.48. The molecule has 0 spiro atoms. The van der Waals surface area contributed by atoms with E-state index in [4.69, 9.17) is 4.99 Å². The van der Waals surface area contributed by atoms with Crippen LogP contribution in [-0.2, 0) is 0 Å². The third kappa shape index (κ3) is 4.33. The normalized spacial score (nSPS) is 21.9. The van der Waals surface area contributed by atoms with Crippen molar-refractivity contribution < 1.29 is 4.79 Å². The first kappa shape index (κ1) is 22.7. The molecule has 2 atom stereocenters. The van der Waals surface area contributed by atoms with E-state index >= 15 is 0 Å². The zero-order valence-corrected chi connectivity index (χ0v) is 20.6. The van der Waals surface area contributed by atoms with Crippen molar-refractivity contribution in [2.24, 2.45) is 4.99 Å². The molecule has 0 bridgehead atoms. The minimum atomic E-state index is 0.0185. The Morgan fingerprint density at radius 2 is 1.72 bits per heavy atom. The minimum Gasteiger partial charge on any atom is -0.333 e. The number of urea groups is 1. The van der Waals surface area contributed by atoms with Crippen molar-refractivity contribution in [2.45, 2.75) is 18.4 Å². The largest absolute Gasteiger partial charge is 0.333 e. The zero-order chi connectivity index (χ0) is 24.5. The molecule has 2 aromatic carbocycles. The van der Waals surface area contributed by atoms with Gasteiger partial charge in [0.2, 0.25) is 0 Å². The van der Waals surface area contributed by atoms with Crippen molar-refractivity contribution in [3.8, 4) is 11.1 Å². The highest BCUT2D eigenvalue weighted by Crippen LogP contribution is 2.35. The quantitative estimate of drug-likeness (QED) is 0.607. The lowest BCUT2D eigenvalue weighted by Crippen LogP contribution is -2.49. The first-order chi connectivity index (χ1) is 17.7. The lowest BCUT2D eigenvalue weighted by Gasteiger charge is -2.31. The van der Waals surface area contributed by atoms with E-state index in [0.717, 1.165) is 43.9 Å². The topological polar surface area (TPSA) is 60.8 Å². The number of pyridine rings is 1. The summed E-state index contributed by atoms with van der Waals surface area (Å²) < 4.78 is 0. The van der Waals surface area contributed by atoms with Crippen molar-refractivity contribution in [2.75, 3.05) is 39.8 Å². The monoisotopic (exact) mass is 477 g/mol. The van der Waals surface area contributed by atoms with E-state index in [1.165, 1.54) is 27.8 Å². The number of aliphatic imine (C=N–C) groups is 1. The highest BCUT2D eigenvalue weighted by atomic mass is 16.2. The van der Waals surface area contributed by atoms with Gasteiger partial charge in [0, 0.05) is 50.1 Å². The van der Waals surface area contributed by atoms with Gasteiger partial charge in [-0.3, -0.25) is 9.98 Å². The van der Waals surface area contributed by atoms with Gasteiger partial charge >= 0.3 is 6.03 Å². The van der Waals surface area contributed by atoms with Gasteiger partial charge in [0.15, 0.2) is 0 Å². The average Bonchev–Trinajstić information content (AvgIpc) is 3.52. The molecule has 1 saturated heterocycles. The van der Waals surface area contributed by atoms with E-state index in [0.29, 0.717) is 6.54 Å². The molecule has 0 aliphatic carbocycles. The molecule has 0 saturated carbocycles. The zero-order valence-electron chi connectivity index (χ0n) is 20.6. The summed E-state index contributed by atoms with van der Waals surface area (Å²) >= 11 is 0. The number of rotatable bonds is 4. The van der Waals surface area contributed by atoms with Crippen LogP contribution in [0.3, 0.4) is 0 Å². The van der Waals surface area contributed by atoms with E-state index in [-0.39, 0.29) is 18.0 Å². The number of likely N-dealkylation sites (N-methyl/N-ethyl adjacent to an activating group) is 1. The van der Waals surface area contributed by atoms with Gasteiger partial charge in [0.05, 0.1) is 18.3 Å². The number of carbonyl (C=O) groups is 1. The number of hydrogen-bond donors (Lipinski definition) is 1. The van der Waals surface area contributed by atoms with Gasteiger partial charge in [-0.2, -0.15) is 0 Å². The first-order valence-corrected chi connectivity index (χ1v) is 12.7. The molecule has 2 amide bonds. The Bertz CT molecular complexity index is 1320. The number of carbonyl (C=O) groups excluding carboxylic acids is 1. The van der Waals surface area contributed by atoms with Crippen molar-refractivity contribution >= 4 is 11.7 Å². The van der Waals surface area contributed by atoms with Crippen LogP contribution in [0.2, 0.25) is 0 Å². The molecule has 0 radical (unpaired) electrons. The van der Waals surface area contributed by atoms with Crippen LogP contribution in [0.4, 0.5) is 4.79 Å². The maximum absolute atomic E-state index is 13.5. The van der Waals surface area contributed by atoms with Crippen molar-refractivity contribution in [3.05, 3.63) is 101 Å². The number of hydrogen-bond acceptors (Lipinski definition) is 4. The number of nitrogens with zero attached hydrogens (tertiary/aromatic N) is 4. The van der Waals surface area contributed by atoms with E-state index in [1.54, 1.807) is 12.4 Å². The van der Waals surface area contributed by atoms with Gasteiger partial charge in [-0.1, -0.05) is 54.6 Å². The van der Waals surface area contributed by atoms with E-state index in [9.17, 15) is 4.79 Å². The highest BCUT2D eigenvalue weighted by Gasteiger charge is 2.36. The summed E-state index contributed by atoms with van der Waals surface area (Å²) in [4.78, 5) is 26.8. The molecule has 3 aliphatic heterocycles. The molecule has 1 fully saturated rings. The smallest absolute Gasteiger partial charge is 0.317 e. The van der Waals surface area contributed by atoms with Gasteiger partial charge in [-0.25, -0.2) is 4.79 Å². The molecular formula is C30H31N5O. The van der Waals surface area contributed by atoms with Gasteiger partial charge in [-0.05, 0) is 53.4 Å². The molecular weight excluding hydrogens is 446 g/mol. The van der Waals surface area contributed by atoms with Crippen LogP contribution in [0, 0.1) is 0 Å². The molecule has 36 heavy (non-hydrogen) atoms. The van der Waals surface area contributed by atoms with Gasteiger partial charge < -0.3 is 15.1 Å². The van der Waals surface area contributed by atoms with Crippen molar-refractivity contribution in [3.63, 3.8) is 0 Å². The summed E-state index contributed by atoms with van der Waals surface area (Å²) in [5.41, 5.74) is 8.41. The van der Waals surface area contributed by atoms with E-state index in [2.05, 4.69) is 70.8 Å². The lowest BCUT2D eigenvalue weighted by molar-refractivity contribution is 0.196. The Labute approximate surface area is 212 Å². The van der Waals surface area contributed by atoms with Gasteiger partial charge in [0.25, 0.3) is 0 Å². The predicted octanol–water partition coefficient (Wildman–Crippen LogP) is 4.36. The molecule has 6 nitrogen and oxygen atoms in total. The number of benzene rings is 2. The minimum absolute atomic E-state index is 0.0185. The highest BCUT2D eigenvalue weighted by molar-refractivity contribution is 6.15. The molecule has 1 unspecified atom stereocenters. The molecule has 1 N–H and O–H groups in total. The summed E-state index contributed by atoms with van der Waals surface area (Å²) in [5, 5.41) is 3.41. The Morgan fingerprint density at radius 1 is 0.944 bits per heavy atom. The fraction of sp³-hybridized carbons (Fsp3) is 0.300. The molecule has 182 valence electrons. The first-order valence-electron chi connectivity index (χ1n) is 12.7. The number of amides is 2. The van der Waals surface area contributed by atoms with Crippen molar-refractivity contribution in [1.29, 1.82) is 0 Å². The van der Waals surface area contributed by atoms with Gasteiger partial charge in [-0.15, -0.1) is 0 Å². The fourth-order valence-electron chi connectivity index (χ4n) is 5.85. The number of aromatic nitrogens is 1. The SMILES string of the molecule is CN1CC(NC(=O)N2CCC3=C(C2)C(c2ccncc2)=NC3)[C@H](c2ccccc2-c2ccccc2)C1. The second kappa shape index (κ2) is 9.70. The van der Waals surface area contributed by atoms with Crippen molar-refractivity contribution in [1.82, 2.24) is 20.1 Å². The van der Waals surface area contributed by atoms with Crippen LogP contribution in [0.1, 0.15) is 23.5 Å². The standard InChI is InChI=1S/C30H31N5O/c1-34-18-27(25-10-6-5-9-24(25)21-7-3-2-4-8-21)28(20-34)33-30(36)35-16-13-23-17-32-29(26(23)19-35)22-11-14-31-15-12-22/h2-12,14-15,27-28H,13,16-20H2,1H3,(H,33,36)/t27-,28?/m0/s1. The van der Waals surface area contributed by atoms with Crippen LogP contribution in [-0.4, -0.2) is 72.3 Å². The Morgan fingerprint density at radius 3 is 2.56 bits per heavy atom. The summed E-state index contributed by atoms with van der Waals surface area (Å²) in [7, 11) is 2.14.